The molecule has 2 rings (SSSR count). The van der Waals surface area contributed by atoms with Crippen molar-refractivity contribution in [1.29, 1.82) is 0 Å². The van der Waals surface area contributed by atoms with Crippen LogP contribution in [0.2, 0.25) is 0 Å². The van der Waals surface area contributed by atoms with Crippen molar-refractivity contribution in [3.8, 4) is 17.2 Å². The molecule has 1 atom stereocenters. The molecule has 0 spiro atoms. The Balaban J connectivity index is 2.48. The molecule has 0 radical (unpaired) electrons. The fraction of sp³-hybridized carbons (Fsp3) is 0.440. The van der Waals surface area contributed by atoms with Gasteiger partial charge in [-0.1, -0.05) is 19.1 Å². The SMILES string of the molecule is CCCNC(=O)[C@H](C)N(Cc1cccc(OC)c1)C(=O)CN(c1cc(OC)ccc1OC)S(C)(=O)=O. The number of methoxy groups -OCH3 is 3. The Labute approximate surface area is 213 Å². The molecule has 198 valence electrons. The van der Waals surface area contributed by atoms with Crippen LogP contribution in [0.25, 0.3) is 0 Å². The van der Waals surface area contributed by atoms with Crippen molar-refractivity contribution in [3.63, 3.8) is 0 Å². The number of rotatable bonds is 13. The molecule has 11 heteroatoms. The van der Waals surface area contributed by atoms with Crippen molar-refractivity contribution in [1.82, 2.24) is 10.2 Å². The first kappa shape index (κ1) is 28.8. The van der Waals surface area contributed by atoms with E-state index < -0.39 is 28.5 Å². The Bertz CT molecular complexity index is 1150. The van der Waals surface area contributed by atoms with Crippen LogP contribution in [0.15, 0.2) is 42.5 Å². The second-order valence-electron chi connectivity index (χ2n) is 8.15. The molecule has 0 aliphatic rings. The Hall–Kier alpha value is -3.47. The predicted molar refractivity (Wildman–Crippen MR) is 138 cm³/mol. The van der Waals surface area contributed by atoms with Crippen LogP contribution >= 0.6 is 0 Å². The molecule has 0 aromatic heterocycles. The minimum absolute atomic E-state index is 0.0730. The van der Waals surface area contributed by atoms with Crippen LogP contribution in [0.3, 0.4) is 0 Å². The fourth-order valence-electron chi connectivity index (χ4n) is 3.53. The summed E-state index contributed by atoms with van der Waals surface area (Å²) in [5, 5.41) is 2.80. The maximum Gasteiger partial charge on any atom is 0.244 e. The minimum atomic E-state index is -3.92. The van der Waals surface area contributed by atoms with Gasteiger partial charge in [0.25, 0.3) is 0 Å². The first-order valence-corrected chi connectivity index (χ1v) is 13.3. The average Bonchev–Trinajstić information content (AvgIpc) is 2.87. The van der Waals surface area contributed by atoms with E-state index in [-0.39, 0.29) is 23.9 Å². The molecule has 0 saturated carbocycles. The van der Waals surface area contributed by atoms with E-state index >= 15 is 0 Å². The van der Waals surface area contributed by atoms with Gasteiger partial charge in [-0.25, -0.2) is 8.42 Å². The number of sulfonamides is 1. The summed E-state index contributed by atoms with van der Waals surface area (Å²) < 4.78 is 42.4. The monoisotopic (exact) mass is 521 g/mol. The zero-order chi connectivity index (χ0) is 26.9. The molecule has 0 aliphatic heterocycles. The van der Waals surface area contributed by atoms with Gasteiger partial charge in [0.2, 0.25) is 21.8 Å². The number of carbonyl (C=O) groups is 2. The first-order chi connectivity index (χ1) is 17.0. The molecule has 0 saturated heterocycles. The van der Waals surface area contributed by atoms with Crippen LogP contribution in [-0.2, 0) is 26.2 Å². The molecule has 0 fully saturated rings. The average molecular weight is 522 g/mol. The highest BCUT2D eigenvalue weighted by atomic mass is 32.2. The van der Waals surface area contributed by atoms with E-state index in [1.165, 1.54) is 32.3 Å². The first-order valence-electron chi connectivity index (χ1n) is 11.5. The van der Waals surface area contributed by atoms with Gasteiger partial charge < -0.3 is 24.4 Å². The number of hydrogen-bond acceptors (Lipinski definition) is 7. The zero-order valence-electron chi connectivity index (χ0n) is 21.6. The highest BCUT2D eigenvalue weighted by Gasteiger charge is 2.31. The Morgan fingerprint density at radius 3 is 2.25 bits per heavy atom. The molecule has 0 aliphatic carbocycles. The van der Waals surface area contributed by atoms with Crippen LogP contribution in [-0.4, -0.2) is 71.8 Å². The van der Waals surface area contributed by atoms with E-state index in [0.29, 0.717) is 18.0 Å². The van der Waals surface area contributed by atoms with Crippen LogP contribution in [0.5, 0.6) is 17.2 Å². The molecule has 36 heavy (non-hydrogen) atoms. The number of benzene rings is 2. The smallest absolute Gasteiger partial charge is 0.244 e. The quantitative estimate of drug-likeness (QED) is 0.431. The van der Waals surface area contributed by atoms with Gasteiger partial charge >= 0.3 is 0 Å². The summed E-state index contributed by atoms with van der Waals surface area (Å²) in [5.74, 6) is 0.349. The number of nitrogens with one attached hydrogen (secondary N) is 1. The number of anilines is 1. The standard InChI is InChI=1S/C25H35N3O7S/c1-7-13-26-25(30)18(2)27(16-19-9-8-10-20(14-19)33-3)24(29)17-28(36(6,31)32)22-15-21(34-4)11-12-23(22)35-5/h8-12,14-15,18H,7,13,16-17H2,1-6H3,(H,26,30)/t18-/m0/s1. The van der Waals surface area contributed by atoms with Gasteiger partial charge in [-0.05, 0) is 43.2 Å². The normalized spacial score (nSPS) is 11.8. The summed E-state index contributed by atoms with van der Waals surface area (Å²) in [4.78, 5) is 27.8. The van der Waals surface area contributed by atoms with E-state index in [0.717, 1.165) is 22.5 Å². The van der Waals surface area contributed by atoms with Crippen LogP contribution in [0.4, 0.5) is 5.69 Å². The van der Waals surface area contributed by atoms with Gasteiger partial charge in [-0.15, -0.1) is 0 Å². The molecule has 10 nitrogen and oxygen atoms in total. The molecule has 2 aromatic rings. The van der Waals surface area contributed by atoms with Gasteiger partial charge in [-0.3, -0.25) is 13.9 Å². The van der Waals surface area contributed by atoms with Crippen molar-refractivity contribution in [2.24, 2.45) is 0 Å². The predicted octanol–water partition coefficient (Wildman–Crippen LogP) is 2.42. The topological polar surface area (TPSA) is 114 Å². The summed E-state index contributed by atoms with van der Waals surface area (Å²) in [6, 6.07) is 10.9. The molecule has 2 amide bonds. The second kappa shape index (κ2) is 13.0. The van der Waals surface area contributed by atoms with E-state index in [9.17, 15) is 18.0 Å². The summed E-state index contributed by atoms with van der Waals surface area (Å²) in [7, 11) is 0.476. The van der Waals surface area contributed by atoms with Crippen molar-refractivity contribution < 1.29 is 32.2 Å². The minimum Gasteiger partial charge on any atom is -0.497 e. The van der Waals surface area contributed by atoms with Gasteiger partial charge in [0, 0.05) is 19.2 Å². The molecular formula is C25H35N3O7S. The van der Waals surface area contributed by atoms with E-state index in [4.69, 9.17) is 14.2 Å². The number of amides is 2. The largest absolute Gasteiger partial charge is 0.497 e. The molecule has 2 aromatic carbocycles. The van der Waals surface area contributed by atoms with Gasteiger partial charge in [0.15, 0.2) is 0 Å². The second-order valence-corrected chi connectivity index (χ2v) is 10.1. The lowest BCUT2D eigenvalue weighted by atomic mass is 10.1. The Kier molecular flexibility index (Phi) is 10.4. The van der Waals surface area contributed by atoms with Gasteiger partial charge in [-0.2, -0.15) is 0 Å². The lowest BCUT2D eigenvalue weighted by Gasteiger charge is -2.32. The van der Waals surface area contributed by atoms with Crippen LogP contribution in [0, 0.1) is 0 Å². The van der Waals surface area contributed by atoms with Crippen molar-refractivity contribution in [3.05, 3.63) is 48.0 Å². The van der Waals surface area contributed by atoms with E-state index in [1.54, 1.807) is 43.3 Å². The highest BCUT2D eigenvalue weighted by molar-refractivity contribution is 7.92. The summed E-state index contributed by atoms with van der Waals surface area (Å²) >= 11 is 0. The summed E-state index contributed by atoms with van der Waals surface area (Å²) in [5.41, 5.74) is 0.875. The van der Waals surface area contributed by atoms with Crippen molar-refractivity contribution in [2.45, 2.75) is 32.9 Å². The van der Waals surface area contributed by atoms with Gasteiger partial charge in [0.05, 0.1) is 33.3 Å². The molecular weight excluding hydrogens is 486 g/mol. The third-order valence-corrected chi connectivity index (χ3v) is 6.66. The molecule has 0 unspecified atom stereocenters. The molecule has 0 bridgehead atoms. The van der Waals surface area contributed by atoms with Crippen molar-refractivity contribution >= 4 is 27.5 Å². The summed E-state index contributed by atoms with van der Waals surface area (Å²) in [6.45, 7) is 3.53. The van der Waals surface area contributed by atoms with E-state index in [2.05, 4.69) is 5.32 Å². The van der Waals surface area contributed by atoms with Crippen LogP contribution in [0.1, 0.15) is 25.8 Å². The number of nitrogens with zero attached hydrogens (tertiary/aromatic N) is 2. The lowest BCUT2D eigenvalue weighted by molar-refractivity contribution is -0.139. The van der Waals surface area contributed by atoms with E-state index in [1.807, 2.05) is 6.92 Å². The third kappa shape index (κ3) is 7.51. The van der Waals surface area contributed by atoms with Crippen LogP contribution < -0.4 is 23.8 Å². The maximum atomic E-state index is 13.6. The Morgan fingerprint density at radius 1 is 1.00 bits per heavy atom. The van der Waals surface area contributed by atoms with Crippen molar-refractivity contribution in [2.75, 3.05) is 45.0 Å². The van der Waals surface area contributed by atoms with Gasteiger partial charge in [0.1, 0.15) is 29.8 Å². The number of hydrogen-bond donors (Lipinski definition) is 1. The third-order valence-electron chi connectivity index (χ3n) is 5.54. The summed E-state index contributed by atoms with van der Waals surface area (Å²) in [6.07, 6.45) is 1.74. The molecule has 1 N–H and O–H groups in total. The molecule has 0 heterocycles. The number of ether oxygens (including phenoxy) is 3. The lowest BCUT2D eigenvalue weighted by Crippen LogP contribution is -2.51. The maximum absolute atomic E-state index is 13.6. The fourth-order valence-corrected chi connectivity index (χ4v) is 4.38. The zero-order valence-corrected chi connectivity index (χ0v) is 22.4. The number of carbonyl (C=O) groups excluding carboxylic acids is 2. The Morgan fingerprint density at radius 2 is 1.67 bits per heavy atom. The highest BCUT2D eigenvalue weighted by Crippen LogP contribution is 2.34.